The summed E-state index contributed by atoms with van der Waals surface area (Å²) >= 11 is 0. The Labute approximate surface area is 134 Å². The van der Waals surface area contributed by atoms with Crippen molar-refractivity contribution < 1.29 is 46.4 Å². The fourth-order valence-electron chi connectivity index (χ4n) is 2.98. The molecule has 2 bridgehead atoms. The van der Waals surface area contributed by atoms with Crippen molar-refractivity contribution in [2.75, 3.05) is 6.79 Å². The number of fused-ring (bicyclic) bond motifs is 2. The Kier molecular flexibility index (Phi) is 4.95. The minimum absolute atomic E-state index is 0.0945. The van der Waals surface area contributed by atoms with Gasteiger partial charge in [-0.05, 0) is 31.6 Å². The Morgan fingerprint density at radius 1 is 1.25 bits per heavy atom. The highest BCUT2D eigenvalue weighted by Gasteiger charge is 2.73. The van der Waals surface area contributed by atoms with E-state index in [1.807, 2.05) is 6.08 Å². The molecule has 0 aromatic heterocycles. The maximum atomic E-state index is 13.5. The molecule has 4 unspecified atom stereocenters. The molecule has 0 spiro atoms. The normalized spacial score (nSPS) is 30.2. The molecule has 2 rings (SSSR count). The lowest BCUT2D eigenvalue weighted by Gasteiger charge is -2.37. The summed E-state index contributed by atoms with van der Waals surface area (Å²) in [6.45, 7) is -1.15. The van der Waals surface area contributed by atoms with Crippen molar-refractivity contribution in [3.05, 3.63) is 12.2 Å². The quantitative estimate of drug-likeness (QED) is 0.328. The fourth-order valence-corrected chi connectivity index (χ4v) is 2.98. The number of ether oxygens (including phenoxy) is 2. The first-order valence-electron chi connectivity index (χ1n) is 7.24. The Morgan fingerprint density at radius 3 is 2.29 bits per heavy atom. The van der Waals surface area contributed by atoms with Crippen LogP contribution in [0.3, 0.4) is 0 Å². The van der Waals surface area contributed by atoms with Crippen LogP contribution in [0.25, 0.3) is 0 Å². The molecular weight excluding hydrogens is 343 g/mol. The monoisotopic (exact) mass is 360 g/mol. The van der Waals surface area contributed by atoms with Crippen molar-refractivity contribution in [3.63, 3.8) is 0 Å². The van der Waals surface area contributed by atoms with Crippen LogP contribution in [-0.2, 0) is 14.3 Å². The fraction of sp³-hybridized carbons (Fsp3) is 0.786. The average Bonchev–Trinajstić information content (AvgIpc) is 3.07. The summed E-state index contributed by atoms with van der Waals surface area (Å²) in [5.41, 5.74) is 0. The van der Waals surface area contributed by atoms with Crippen molar-refractivity contribution in [1.82, 2.24) is 0 Å². The molecule has 5 atom stereocenters. The van der Waals surface area contributed by atoms with Crippen LogP contribution in [0.15, 0.2) is 12.2 Å². The van der Waals surface area contributed by atoms with Crippen molar-refractivity contribution in [2.45, 2.75) is 43.8 Å². The first kappa shape index (κ1) is 19.1. The van der Waals surface area contributed by atoms with Crippen molar-refractivity contribution >= 4 is 5.97 Å². The zero-order valence-corrected chi connectivity index (χ0v) is 12.6. The molecule has 2 aliphatic rings. The van der Waals surface area contributed by atoms with Gasteiger partial charge in [-0.3, -0.25) is 4.79 Å². The minimum atomic E-state index is -5.92. The van der Waals surface area contributed by atoms with Crippen LogP contribution < -0.4 is 0 Å². The van der Waals surface area contributed by atoms with E-state index in [4.69, 9.17) is 5.11 Å². The highest BCUT2D eigenvalue weighted by Crippen LogP contribution is 2.46. The molecule has 10 heteroatoms. The van der Waals surface area contributed by atoms with E-state index in [9.17, 15) is 31.9 Å². The predicted molar refractivity (Wildman–Crippen MR) is 68.5 cm³/mol. The molecule has 24 heavy (non-hydrogen) atoms. The molecule has 0 aromatic rings. The van der Waals surface area contributed by atoms with Crippen molar-refractivity contribution in [2.24, 2.45) is 17.8 Å². The van der Waals surface area contributed by atoms with E-state index in [1.54, 1.807) is 6.08 Å². The van der Waals surface area contributed by atoms with Crippen LogP contribution in [0.2, 0.25) is 0 Å². The highest BCUT2D eigenvalue weighted by atomic mass is 19.4. The number of allylic oxidation sites excluding steroid dienone is 2. The number of esters is 1. The van der Waals surface area contributed by atoms with Crippen LogP contribution in [0.4, 0.5) is 22.0 Å². The van der Waals surface area contributed by atoms with Gasteiger partial charge in [0.1, 0.15) is 6.10 Å². The average molecular weight is 360 g/mol. The van der Waals surface area contributed by atoms with Gasteiger partial charge in [0.25, 0.3) is 0 Å². The molecule has 138 valence electrons. The lowest BCUT2D eigenvalue weighted by atomic mass is 9.94. The van der Waals surface area contributed by atoms with Crippen LogP contribution in [0, 0.1) is 17.8 Å². The standard InChI is InChI=1S/C14H17F5O5/c1-7(20)12(15,16)13(22,14(17,18)19)24-6-23-11(21)10-5-8-2-3-9(10)4-8/h2-3,7-10,20,22H,4-6H2,1H3/t7-,8?,9?,10?,13?/m1/s1. The van der Waals surface area contributed by atoms with E-state index in [0.717, 1.165) is 6.42 Å². The maximum absolute atomic E-state index is 13.5. The topological polar surface area (TPSA) is 76.0 Å². The SMILES string of the molecule is C[C@@H](O)C(F)(F)C(O)(OCOC(=O)C1CC2C=CC1C2)C(F)(F)F. The minimum Gasteiger partial charge on any atom is -0.438 e. The predicted octanol–water partition coefficient (Wildman–Crippen LogP) is 1.98. The Balaban J connectivity index is 1.99. The second-order valence-electron chi connectivity index (χ2n) is 6.05. The van der Waals surface area contributed by atoms with E-state index in [-0.39, 0.29) is 11.8 Å². The summed E-state index contributed by atoms with van der Waals surface area (Å²) in [6, 6.07) is 0. The molecule has 0 radical (unpaired) electrons. The number of hydrogen-bond acceptors (Lipinski definition) is 5. The number of alkyl halides is 5. The number of carbonyl (C=O) groups is 1. The van der Waals surface area contributed by atoms with Crippen LogP contribution in [0.1, 0.15) is 19.8 Å². The molecule has 1 fully saturated rings. The summed E-state index contributed by atoms with van der Waals surface area (Å²) < 4.78 is 73.7. The number of aliphatic hydroxyl groups is 2. The lowest BCUT2D eigenvalue weighted by molar-refractivity contribution is -0.449. The molecule has 5 nitrogen and oxygen atoms in total. The summed E-state index contributed by atoms with van der Waals surface area (Å²) in [6.07, 6.45) is -3.85. The van der Waals surface area contributed by atoms with Gasteiger partial charge in [-0.1, -0.05) is 12.2 Å². The van der Waals surface area contributed by atoms with Gasteiger partial charge >= 0.3 is 23.9 Å². The van der Waals surface area contributed by atoms with E-state index in [1.165, 1.54) is 0 Å². The molecule has 0 heterocycles. The number of halogens is 5. The van der Waals surface area contributed by atoms with Gasteiger partial charge in [0.05, 0.1) is 5.92 Å². The molecule has 2 N–H and O–H groups in total. The molecule has 0 amide bonds. The van der Waals surface area contributed by atoms with Crippen LogP contribution >= 0.6 is 0 Å². The third-order valence-corrected chi connectivity index (χ3v) is 4.41. The third kappa shape index (κ3) is 3.14. The maximum Gasteiger partial charge on any atom is 0.449 e. The molecule has 0 aromatic carbocycles. The van der Waals surface area contributed by atoms with E-state index < -0.39 is 42.7 Å². The zero-order chi connectivity index (χ0) is 18.3. The van der Waals surface area contributed by atoms with Crippen LogP contribution in [0.5, 0.6) is 0 Å². The van der Waals surface area contributed by atoms with Gasteiger partial charge in [0.2, 0.25) is 0 Å². The number of carbonyl (C=O) groups excluding carboxylic acids is 1. The summed E-state index contributed by atoms with van der Waals surface area (Å²) in [5.74, 6) is -11.4. The molecule has 0 saturated heterocycles. The Hall–Kier alpha value is -1.26. The zero-order valence-electron chi connectivity index (χ0n) is 12.6. The molecule has 2 aliphatic carbocycles. The lowest BCUT2D eigenvalue weighted by Crippen LogP contribution is -2.64. The van der Waals surface area contributed by atoms with E-state index >= 15 is 0 Å². The largest absolute Gasteiger partial charge is 0.449 e. The summed E-state index contributed by atoms with van der Waals surface area (Å²) in [4.78, 5) is 11.8. The third-order valence-electron chi connectivity index (χ3n) is 4.41. The van der Waals surface area contributed by atoms with E-state index in [2.05, 4.69) is 9.47 Å². The second-order valence-corrected chi connectivity index (χ2v) is 6.05. The van der Waals surface area contributed by atoms with Crippen molar-refractivity contribution in [1.29, 1.82) is 0 Å². The number of aliphatic hydroxyl groups excluding tert-OH is 1. The Morgan fingerprint density at radius 2 is 1.88 bits per heavy atom. The van der Waals surface area contributed by atoms with Gasteiger partial charge < -0.3 is 19.7 Å². The Bertz CT molecular complexity index is 518. The van der Waals surface area contributed by atoms with Gasteiger partial charge in [-0.15, -0.1) is 0 Å². The molecule has 0 aliphatic heterocycles. The van der Waals surface area contributed by atoms with Gasteiger partial charge in [0.15, 0.2) is 6.79 Å². The number of hydrogen-bond donors (Lipinski definition) is 2. The number of rotatable bonds is 6. The highest BCUT2D eigenvalue weighted by molar-refractivity contribution is 5.74. The molecular formula is C14H17F5O5. The molecule has 1 saturated carbocycles. The summed E-state index contributed by atoms with van der Waals surface area (Å²) in [5, 5.41) is 18.1. The van der Waals surface area contributed by atoms with Crippen molar-refractivity contribution in [3.8, 4) is 0 Å². The summed E-state index contributed by atoms with van der Waals surface area (Å²) in [7, 11) is 0. The second kappa shape index (κ2) is 6.23. The first-order chi connectivity index (χ1) is 10.9. The first-order valence-corrected chi connectivity index (χ1v) is 7.24. The smallest absolute Gasteiger partial charge is 0.438 e. The van der Waals surface area contributed by atoms with Gasteiger partial charge in [0, 0.05) is 0 Å². The van der Waals surface area contributed by atoms with Gasteiger partial charge in [-0.2, -0.15) is 22.0 Å². The van der Waals surface area contributed by atoms with E-state index in [0.29, 0.717) is 13.3 Å². The van der Waals surface area contributed by atoms with Crippen LogP contribution in [-0.4, -0.2) is 47.0 Å². The van der Waals surface area contributed by atoms with Gasteiger partial charge in [-0.25, -0.2) is 0 Å².